The fourth-order valence-corrected chi connectivity index (χ4v) is 2.83. The molecule has 0 aliphatic rings. The van der Waals surface area contributed by atoms with Crippen molar-refractivity contribution in [3.63, 3.8) is 0 Å². The standard InChI is InChI=1S/C24H24N2O4/c1-17-7-10-20(11-8-17)23(27)22-6-4-14-26(22)13-3-5-21-12-9-19(15-25-21)16-30-18(2)24(28)29/h3-12,14-15,18H,13,16H2,1-2H3,(H,28,29)/b5-3+. The number of allylic oxidation sites excluding steroid dienone is 1. The Morgan fingerprint density at radius 3 is 2.60 bits per heavy atom. The van der Waals surface area contributed by atoms with Crippen LogP contribution in [-0.4, -0.2) is 32.5 Å². The summed E-state index contributed by atoms with van der Waals surface area (Å²) in [4.78, 5) is 27.9. The first-order valence-corrected chi connectivity index (χ1v) is 9.66. The Balaban J connectivity index is 1.60. The van der Waals surface area contributed by atoms with Gasteiger partial charge in [0.2, 0.25) is 5.78 Å². The number of carboxylic acids is 1. The van der Waals surface area contributed by atoms with Crippen molar-refractivity contribution in [3.8, 4) is 0 Å². The summed E-state index contributed by atoms with van der Waals surface area (Å²) in [5.41, 5.74) is 3.99. The number of nitrogens with zero attached hydrogens (tertiary/aromatic N) is 2. The third-order valence-electron chi connectivity index (χ3n) is 4.66. The third kappa shape index (κ3) is 5.52. The lowest BCUT2D eigenvalue weighted by Gasteiger charge is -2.08. The molecule has 6 nitrogen and oxygen atoms in total. The van der Waals surface area contributed by atoms with Gasteiger partial charge in [0.1, 0.15) is 0 Å². The van der Waals surface area contributed by atoms with Crippen molar-refractivity contribution in [3.05, 3.63) is 95.1 Å². The lowest BCUT2D eigenvalue weighted by molar-refractivity contribution is -0.149. The number of carbonyl (C=O) groups excluding carboxylic acids is 1. The summed E-state index contributed by atoms with van der Waals surface area (Å²) in [6, 6.07) is 14.9. The van der Waals surface area contributed by atoms with Crippen LogP contribution in [-0.2, 0) is 22.7 Å². The van der Waals surface area contributed by atoms with E-state index in [1.54, 1.807) is 6.20 Å². The van der Waals surface area contributed by atoms with E-state index < -0.39 is 12.1 Å². The molecule has 3 rings (SSSR count). The first-order chi connectivity index (χ1) is 14.4. The van der Waals surface area contributed by atoms with Gasteiger partial charge in [0.25, 0.3) is 0 Å². The van der Waals surface area contributed by atoms with Crippen LogP contribution in [0.15, 0.2) is 67.0 Å². The van der Waals surface area contributed by atoms with Crippen LogP contribution in [0.3, 0.4) is 0 Å². The number of carboxylic acid groups (broad SMARTS) is 1. The van der Waals surface area contributed by atoms with Crippen molar-refractivity contribution in [2.75, 3.05) is 0 Å². The number of carbonyl (C=O) groups is 2. The van der Waals surface area contributed by atoms with Gasteiger partial charge in [-0.3, -0.25) is 9.78 Å². The zero-order chi connectivity index (χ0) is 21.5. The Bertz CT molecular complexity index is 1030. The van der Waals surface area contributed by atoms with E-state index in [4.69, 9.17) is 9.84 Å². The number of hydrogen-bond acceptors (Lipinski definition) is 4. The topological polar surface area (TPSA) is 81.4 Å². The van der Waals surface area contributed by atoms with Gasteiger partial charge in [0.15, 0.2) is 6.10 Å². The molecule has 1 aromatic carbocycles. The number of aliphatic carboxylic acids is 1. The van der Waals surface area contributed by atoms with Crippen molar-refractivity contribution < 1.29 is 19.4 Å². The summed E-state index contributed by atoms with van der Waals surface area (Å²) in [7, 11) is 0. The Labute approximate surface area is 175 Å². The van der Waals surface area contributed by atoms with E-state index in [9.17, 15) is 9.59 Å². The average Bonchev–Trinajstić information content (AvgIpc) is 3.21. The largest absolute Gasteiger partial charge is 0.479 e. The molecule has 30 heavy (non-hydrogen) atoms. The maximum Gasteiger partial charge on any atom is 0.332 e. The van der Waals surface area contributed by atoms with Crippen molar-refractivity contribution in [1.29, 1.82) is 0 Å². The number of aryl methyl sites for hydroxylation is 1. The highest BCUT2D eigenvalue weighted by molar-refractivity contribution is 6.08. The van der Waals surface area contributed by atoms with Crippen molar-refractivity contribution in [1.82, 2.24) is 9.55 Å². The smallest absolute Gasteiger partial charge is 0.332 e. The number of rotatable bonds is 9. The molecule has 0 saturated heterocycles. The van der Waals surface area contributed by atoms with Gasteiger partial charge < -0.3 is 14.4 Å². The maximum atomic E-state index is 12.8. The molecule has 6 heteroatoms. The maximum absolute atomic E-state index is 12.8. The number of ether oxygens (including phenoxy) is 1. The van der Waals surface area contributed by atoms with E-state index in [1.165, 1.54) is 6.92 Å². The van der Waals surface area contributed by atoms with Crippen LogP contribution in [0.25, 0.3) is 6.08 Å². The molecule has 2 heterocycles. The molecule has 154 valence electrons. The zero-order valence-electron chi connectivity index (χ0n) is 17.0. The molecule has 0 fully saturated rings. The van der Waals surface area contributed by atoms with E-state index in [0.29, 0.717) is 17.8 Å². The van der Waals surface area contributed by atoms with Gasteiger partial charge in [-0.15, -0.1) is 0 Å². The minimum atomic E-state index is -0.993. The summed E-state index contributed by atoms with van der Waals surface area (Å²) < 4.78 is 7.14. The van der Waals surface area contributed by atoms with Crippen LogP contribution in [0.5, 0.6) is 0 Å². The highest BCUT2D eigenvalue weighted by Gasteiger charge is 2.13. The van der Waals surface area contributed by atoms with E-state index in [1.807, 2.05) is 78.4 Å². The molecule has 3 aromatic rings. The van der Waals surface area contributed by atoms with Gasteiger partial charge in [-0.2, -0.15) is 0 Å². The molecule has 0 radical (unpaired) electrons. The predicted octanol–water partition coefficient (Wildman–Crippen LogP) is 4.13. The molecule has 0 aliphatic carbocycles. The molecular formula is C24H24N2O4. The molecule has 1 atom stereocenters. The fraction of sp³-hybridized carbons (Fsp3) is 0.208. The van der Waals surface area contributed by atoms with Gasteiger partial charge in [-0.1, -0.05) is 42.0 Å². The fourth-order valence-electron chi connectivity index (χ4n) is 2.83. The van der Waals surface area contributed by atoms with Crippen LogP contribution >= 0.6 is 0 Å². The van der Waals surface area contributed by atoms with Crippen LogP contribution in [0.2, 0.25) is 0 Å². The second kappa shape index (κ2) is 9.80. The van der Waals surface area contributed by atoms with Crippen molar-refractivity contribution in [2.24, 2.45) is 0 Å². The Kier molecular flexibility index (Phi) is 6.93. The van der Waals surface area contributed by atoms with Gasteiger partial charge in [0.05, 0.1) is 18.0 Å². The van der Waals surface area contributed by atoms with Crippen molar-refractivity contribution >= 4 is 17.8 Å². The van der Waals surface area contributed by atoms with Crippen LogP contribution < -0.4 is 0 Å². The molecule has 0 spiro atoms. The number of pyridine rings is 1. The van der Waals surface area contributed by atoms with Gasteiger partial charge in [-0.25, -0.2) is 4.79 Å². The Hall–Kier alpha value is -3.51. The van der Waals surface area contributed by atoms with E-state index >= 15 is 0 Å². The molecule has 0 aliphatic heterocycles. The summed E-state index contributed by atoms with van der Waals surface area (Å²) in [6.45, 7) is 4.22. The monoisotopic (exact) mass is 404 g/mol. The highest BCUT2D eigenvalue weighted by atomic mass is 16.5. The van der Waals surface area contributed by atoms with E-state index in [-0.39, 0.29) is 12.4 Å². The Morgan fingerprint density at radius 2 is 1.93 bits per heavy atom. The van der Waals surface area contributed by atoms with Gasteiger partial charge in [-0.05, 0) is 43.7 Å². The van der Waals surface area contributed by atoms with Gasteiger partial charge in [0, 0.05) is 24.5 Å². The highest BCUT2D eigenvalue weighted by Crippen LogP contribution is 2.13. The average molecular weight is 404 g/mol. The quantitative estimate of drug-likeness (QED) is 0.543. The molecule has 1 unspecified atom stereocenters. The molecule has 0 amide bonds. The van der Waals surface area contributed by atoms with Crippen molar-refractivity contribution in [2.45, 2.75) is 33.1 Å². The minimum Gasteiger partial charge on any atom is -0.479 e. The predicted molar refractivity (Wildman–Crippen MR) is 114 cm³/mol. The normalized spacial score (nSPS) is 12.2. The van der Waals surface area contributed by atoms with E-state index in [0.717, 1.165) is 16.8 Å². The summed E-state index contributed by atoms with van der Waals surface area (Å²) in [5.74, 6) is -1.00. The first-order valence-electron chi connectivity index (χ1n) is 9.66. The number of aromatic nitrogens is 2. The molecular weight excluding hydrogens is 380 g/mol. The summed E-state index contributed by atoms with van der Waals surface area (Å²) in [6.07, 6.45) is 6.50. The van der Waals surface area contributed by atoms with Crippen LogP contribution in [0, 0.1) is 6.92 Å². The summed E-state index contributed by atoms with van der Waals surface area (Å²) >= 11 is 0. The van der Waals surface area contributed by atoms with Crippen LogP contribution in [0.4, 0.5) is 0 Å². The number of benzene rings is 1. The zero-order valence-corrected chi connectivity index (χ0v) is 17.0. The lowest BCUT2D eigenvalue weighted by atomic mass is 10.1. The third-order valence-corrected chi connectivity index (χ3v) is 4.66. The molecule has 0 saturated carbocycles. The molecule has 1 N–H and O–H groups in total. The summed E-state index contributed by atoms with van der Waals surface area (Å²) in [5, 5.41) is 8.84. The first kappa shape index (κ1) is 21.2. The van der Waals surface area contributed by atoms with Crippen LogP contribution in [0.1, 0.15) is 39.8 Å². The van der Waals surface area contributed by atoms with E-state index in [2.05, 4.69) is 4.98 Å². The SMILES string of the molecule is Cc1ccc(C(=O)c2cccn2C/C=C/c2ccc(COC(C)C(=O)O)cn2)cc1. The second-order valence-electron chi connectivity index (χ2n) is 7.03. The minimum absolute atomic E-state index is 0.00790. The number of ketones is 1. The molecule has 0 bridgehead atoms. The number of hydrogen-bond donors (Lipinski definition) is 1. The lowest BCUT2D eigenvalue weighted by Crippen LogP contribution is -2.19. The molecule has 2 aromatic heterocycles. The second-order valence-corrected chi connectivity index (χ2v) is 7.03. The Morgan fingerprint density at radius 1 is 1.17 bits per heavy atom. The van der Waals surface area contributed by atoms with Gasteiger partial charge >= 0.3 is 5.97 Å².